The molecule has 1 saturated heterocycles. The fraction of sp³-hybridized carbons (Fsp3) is 0.571. The molecule has 1 aliphatic rings. The molecule has 0 spiro atoms. The van der Waals surface area contributed by atoms with Crippen molar-refractivity contribution in [2.45, 2.75) is 32.0 Å². The monoisotopic (exact) mass is 254 g/mol. The van der Waals surface area contributed by atoms with E-state index >= 15 is 0 Å². The summed E-state index contributed by atoms with van der Waals surface area (Å²) in [6.07, 6.45) is 3.58. The van der Waals surface area contributed by atoms with E-state index in [1.807, 2.05) is 0 Å². The third kappa shape index (κ3) is 2.82. The lowest BCUT2D eigenvalue weighted by molar-refractivity contribution is -0.146. The van der Waals surface area contributed by atoms with Gasteiger partial charge in [0.15, 0.2) is 0 Å². The van der Waals surface area contributed by atoms with Crippen LogP contribution in [0.1, 0.15) is 30.9 Å². The van der Waals surface area contributed by atoms with Crippen LogP contribution in [0.4, 0.5) is 0 Å². The van der Waals surface area contributed by atoms with Crippen LogP contribution in [-0.4, -0.2) is 19.1 Å². The Morgan fingerprint density at radius 3 is 2.35 bits per heavy atom. The molecule has 3 heteroatoms. The summed E-state index contributed by atoms with van der Waals surface area (Å²) in [7, 11) is 0. The van der Waals surface area contributed by atoms with Crippen molar-refractivity contribution < 1.29 is 9.47 Å². The van der Waals surface area contributed by atoms with Gasteiger partial charge in [-0.2, -0.15) is 0 Å². The lowest BCUT2D eigenvalue weighted by Gasteiger charge is -2.25. The quantitative estimate of drug-likeness (QED) is 0.749. The zero-order valence-electron chi connectivity index (χ0n) is 10.2. The van der Waals surface area contributed by atoms with E-state index in [4.69, 9.17) is 21.1 Å². The molecule has 94 valence electrons. The van der Waals surface area contributed by atoms with Crippen LogP contribution in [0.2, 0.25) is 0 Å². The third-order valence-corrected chi connectivity index (χ3v) is 3.49. The second-order valence-electron chi connectivity index (χ2n) is 4.38. The van der Waals surface area contributed by atoms with E-state index in [2.05, 4.69) is 31.2 Å². The molecule has 17 heavy (non-hydrogen) atoms. The molecule has 0 unspecified atom stereocenters. The molecule has 0 N–H and O–H groups in total. The van der Waals surface area contributed by atoms with E-state index < -0.39 is 5.79 Å². The molecule has 1 heterocycles. The molecule has 0 amide bonds. The first-order valence-corrected chi connectivity index (χ1v) is 6.77. The maximum atomic E-state index is 5.97. The zero-order chi connectivity index (χ0) is 12.1. The number of unbranched alkanes of at least 4 members (excludes halogenated alkanes) is 1. The van der Waals surface area contributed by atoms with Crippen LogP contribution in [0.3, 0.4) is 0 Å². The summed E-state index contributed by atoms with van der Waals surface area (Å²) >= 11 is 5.97. The van der Waals surface area contributed by atoms with E-state index in [-0.39, 0.29) is 0 Å². The summed E-state index contributed by atoms with van der Waals surface area (Å²) in [4.78, 5) is 0. The lowest BCUT2D eigenvalue weighted by Crippen LogP contribution is -2.29. The average molecular weight is 255 g/mol. The van der Waals surface area contributed by atoms with Gasteiger partial charge in [-0.15, -0.1) is 11.6 Å². The van der Waals surface area contributed by atoms with Gasteiger partial charge in [-0.3, -0.25) is 0 Å². The molecule has 1 aromatic rings. The Hall–Kier alpha value is -0.570. The van der Waals surface area contributed by atoms with Crippen molar-refractivity contribution in [3.63, 3.8) is 0 Å². The number of halogens is 1. The van der Waals surface area contributed by atoms with Crippen LogP contribution in [0.15, 0.2) is 24.3 Å². The summed E-state index contributed by atoms with van der Waals surface area (Å²) in [6, 6.07) is 8.42. The van der Waals surface area contributed by atoms with Crippen LogP contribution in [0, 0.1) is 0 Å². The predicted octanol–water partition coefficient (Wildman–Crippen LogP) is 3.47. The zero-order valence-corrected chi connectivity index (χ0v) is 11.0. The summed E-state index contributed by atoms with van der Waals surface area (Å²) in [5.41, 5.74) is 2.38. The van der Waals surface area contributed by atoms with Crippen molar-refractivity contribution in [3.05, 3.63) is 35.4 Å². The largest absolute Gasteiger partial charge is 0.342 e. The highest BCUT2D eigenvalue weighted by Crippen LogP contribution is 2.32. The van der Waals surface area contributed by atoms with E-state index in [9.17, 15) is 0 Å². The second kappa shape index (κ2) is 5.85. The topological polar surface area (TPSA) is 18.5 Å². The predicted molar refractivity (Wildman–Crippen MR) is 69.4 cm³/mol. The van der Waals surface area contributed by atoms with Crippen LogP contribution in [0.25, 0.3) is 0 Å². The molecule has 0 aromatic heterocycles. The molecule has 1 fully saturated rings. The third-order valence-electron chi connectivity index (χ3n) is 3.14. The Kier molecular flexibility index (Phi) is 4.43. The van der Waals surface area contributed by atoms with Crippen molar-refractivity contribution in [1.82, 2.24) is 0 Å². The lowest BCUT2D eigenvalue weighted by atomic mass is 10.0. The Balaban J connectivity index is 2.11. The van der Waals surface area contributed by atoms with Gasteiger partial charge in [-0.05, 0) is 18.4 Å². The molecule has 2 rings (SSSR count). The van der Waals surface area contributed by atoms with Crippen molar-refractivity contribution in [2.75, 3.05) is 19.1 Å². The minimum atomic E-state index is -0.717. The highest BCUT2D eigenvalue weighted by Gasteiger charge is 2.37. The molecular formula is C14H19ClO2. The second-order valence-corrected chi connectivity index (χ2v) is 4.65. The standard InChI is InChI=1S/C14H19ClO2/c1-2-3-4-12-5-7-13(8-6-12)14(11-15)16-9-10-17-14/h5-8H,2-4,9-11H2,1H3. The van der Waals surface area contributed by atoms with Crippen molar-refractivity contribution >= 4 is 11.6 Å². The van der Waals surface area contributed by atoms with Crippen LogP contribution in [-0.2, 0) is 21.7 Å². The van der Waals surface area contributed by atoms with E-state index in [1.165, 1.54) is 18.4 Å². The summed E-state index contributed by atoms with van der Waals surface area (Å²) in [6.45, 7) is 3.44. The molecule has 0 bridgehead atoms. The van der Waals surface area contributed by atoms with Gasteiger partial charge in [0.25, 0.3) is 0 Å². The number of hydrogen-bond donors (Lipinski definition) is 0. The number of ether oxygens (including phenoxy) is 2. The molecule has 0 atom stereocenters. The van der Waals surface area contributed by atoms with E-state index in [0.717, 1.165) is 12.0 Å². The Bertz CT molecular complexity index is 342. The number of aryl methyl sites for hydroxylation is 1. The fourth-order valence-corrected chi connectivity index (χ4v) is 2.39. The molecule has 1 aromatic carbocycles. The van der Waals surface area contributed by atoms with Crippen LogP contribution >= 0.6 is 11.6 Å². The molecule has 0 saturated carbocycles. The number of benzene rings is 1. The maximum Gasteiger partial charge on any atom is 0.208 e. The van der Waals surface area contributed by atoms with Gasteiger partial charge in [-0.25, -0.2) is 0 Å². The smallest absolute Gasteiger partial charge is 0.208 e. The van der Waals surface area contributed by atoms with Gasteiger partial charge < -0.3 is 9.47 Å². The van der Waals surface area contributed by atoms with Gasteiger partial charge in [0.2, 0.25) is 5.79 Å². The minimum Gasteiger partial charge on any atom is -0.342 e. The van der Waals surface area contributed by atoms with Crippen molar-refractivity contribution in [3.8, 4) is 0 Å². The van der Waals surface area contributed by atoms with Gasteiger partial charge in [0, 0.05) is 5.56 Å². The van der Waals surface area contributed by atoms with Gasteiger partial charge in [0.1, 0.15) is 0 Å². The first-order chi connectivity index (χ1) is 8.30. The summed E-state index contributed by atoms with van der Waals surface area (Å²) in [5.74, 6) is -0.383. The Morgan fingerprint density at radius 1 is 1.18 bits per heavy atom. The van der Waals surface area contributed by atoms with Crippen molar-refractivity contribution in [2.24, 2.45) is 0 Å². The number of hydrogen-bond acceptors (Lipinski definition) is 2. The van der Waals surface area contributed by atoms with Gasteiger partial charge in [-0.1, -0.05) is 37.6 Å². The van der Waals surface area contributed by atoms with Gasteiger partial charge >= 0.3 is 0 Å². The van der Waals surface area contributed by atoms with Gasteiger partial charge in [0.05, 0.1) is 19.1 Å². The molecule has 2 nitrogen and oxygen atoms in total. The van der Waals surface area contributed by atoms with Crippen LogP contribution in [0.5, 0.6) is 0 Å². The van der Waals surface area contributed by atoms with E-state index in [0.29, 0.717) is 19.1 Å². The fourth-order valence-electron chi connectivity index (χ4n) is 2.08. The summed E-state index contributed by atoms with van der Waals surface area (Å²) in [5, 5.41) is 0. The minimum absolute atomic E-state index is 0.335. The molecule has 0 radical (unpaired) electrons. The highest BCUT2D eigenvalue weighted by molar-refractivity contribution is 6.18. The SMILES string of the molecule is CCCCc1ccc(C2(CCl)OCCO2)cc1. The first kappa shape index (κ1) is 12.9. The maximum absolute atomic E-state index is 5.97. The highest BCUT2D eigenvalue weighted by atomic mass is 35.5. The Labute approximate surface area is 108 Å². The first-order valence-electron chi connectivity index (χ1n) is 6.24. The average Bonchev–Trinajstić information content (AvgIpc) is 2.87. The number of alkyl halides is 1. The molecule has 1 aliphatic heterocycles. The van der Waals surface area contributed by atoms with Crippen LogP contribution < -0.4 is 0 Å². The summed E-state index contributed by atoms with van der Waals surface area (Å²) < 4.78 is 11.3. The van der Waals surface area contributed by atoms with Crippen molar-refractivity contribution in [1.29, 1.82) is 0 Å². The Morgan fingerprint density at radius 2 is 1.82 bits per heavy atom. The normalized spacial score (nSPS) is 18.5. The molecular weight excluding hydrogens is 236 g/mol. The molecule has 0 aliphatic carbocycles. The van der Waals surface area contributed by atoms with E-state index in [1.54, 1.807) is 0 Å². The number of rotatable bonds is 5.